The van der Waals surface area contributed by atoms with E-state index in [2.05, 4.69) is 165 Å². The molecule has 3 aliphatic heterocycles. The first kappa shape index (κ1) is 41.0. The zero-order valence-electron chi connectivity index (χ0n) is 35.5. The van der Waals surface area contributed by atoms with Crippen molar-refractivity contribution < 1.29 is 14.2 Å². The number of pyridine rings is 2. The van der Waals surface area contributed by atoms with Crippen LogP contribution in [-0.4, -0.2) is 16.6 Å². The monoisotopic (exact) mass is 699 g/mol. The van der Waals surface area contributed by atoms with E-state index in [9.17, 15) is 0 Å². The number of fused-ring (bicyclic) bond motifs is 3. The van der Waals surface area contributed by atoms with Crippen LogP contribution in [0.15, 0.2) is 42.7 Å². The fourth-order valence-electron chi connectivity index (χ4n) is 6.87. The highest BCUT2D eigenvalue weighted by Gasteiger charge is 2.37. The summed E-state index contributed by atoms with van der Waals surface area (Å²) >= 11 is 0. The second-order valence-electron chi connectivity index (χ2n) is 21.4. The van der Waals surface area contributed by atoms with Gasteiger partial charge in [-0.1, -0.05) is 143 Å². The Morgan fingerprint density at radius 2 is 0.980 bits per heavy atom. The number of hydrogen-bond donors (Lipinski definition) is 0. The molecule has 0 N–H and O–H groups in total. The lowest BCUT2D eigenvalue weighted by Gasteiger charge is -2.28. The highest BCUT2D eigenvalue weighted by Crippen LogP contribution is 2.46. The zero-order valence-corrected chi connectivity index (χ0v) is 35.5. The number of nitrogens with zero attached hydrogens (tertiary/aromatic N) is 2. The van der Waals surface area contributed by atoms with Crippen LogP contribution in [0.5, 0.6) is 5.88 Å². The molecular weight excluding hydrogens is 629 g/mol. The van der Waals surface area contributed by atoms with E-state index < -0.39 is 0 Å². The standard InChI is InChI=1S/C16H24O.2C15H23NO/c1-15(2,3)12-8-7-11-10-17-14(13(11)9-12)16(4,5)6;1-14(2,3)10-7-11-12(16-8-10)9-17-13(11)15(4,5)6;1-14(2,3)10-7-11-12(15(4,5)6)9-17-13(11)16-8-10/h7-9,14H,10H2,1-6H3;7-8,13H,9H2,1-6H3;7-8,12H,9H2,1-6H3. The maximum Gasteiger partial charge on any atom is 0.216 e. The van der Waals surface area contributed by atoms with Gasteiger partial charge in [0.2, 0.25) is 5.88 Å². The zero-order chi connectivity index (χ0) is 38.5. The smallest absolute Gasteiger partial charge is 0.216 e. The Morgan fingerprint density at radius 1 is 0.510 bits per heavy atom. The fraction of sp³-hybridized carbons (Fsp3) is 0.652. The van der Waals surface area contributed by atoms with Crippen LogP contribution in [0.4, 0.5) is 0 Å². The van der Waals surface area contributed by atoms with Crippen molar-refractivity contribution in [3.63, 3.8) is 0 Å². The molecule has 5 heteroatoms. The molecule has 0 saturated heterocycles. The van der Waals surface area contributed by atoms with Crippen molar-refractivity contribution in [3.05, 3.63) is 87.4 Å². The second kappa shape index (κ2) is 14.2. The number of rotatable bonds is 0. The van der Waals surface area contributed by atoms with Gasteiger partial charge >= 0.3 is 0 Å². The summed E-state index contributed by atoms with van der Waals surface area (Å²) in [5.74, 6) is 1.28. The lowest BCUT2D eigenvalue weighted by molar-refractivity contribution is -0.00836. The van der Waals surface area contributed by atoms with Crippen molar-refractivity contribution in [2.24, 2.45) is 16.2 Å². The Morgan fingerprint density at radius 3 is 1.49 bits per heavy atom. The highest BCUT2D eigenvalue weighted by atomic mass is 16.5. The molecule has 0 spiro atoms. The van der Waals surface area contributed by atoms with Crippen molar-refractivity contribution in [3.8, 4) is 5.88 Å². The molecule has 1 aromatic carbocycles. The minimum Gasteiger partial charge on any atom is -0.477 e. The van der Waals surface area contributed by atoms with Gasteiger partial charge in [0, 0.05) is 29.4 Å². The second-order valence-corrected chi connectivity index (χ2v) is 21.4. The maximum atomic E-state index is 5.96. The van der Waals surface area contributed by atoms with Gasteiger partial charge in [-0.05, 0) is 72.4 Å². The van der Waals surface area contributed by atoms with E-state index in [1.165, 1.54) is 38.9 Å². The van der Waals surface area contributed by atoms with Crippen molar-refractivity contribution in [1.29, 1.82) is 0 Å². The minimum atomic E-state index is 0.128. The lowest BCUT2D eigenvalue weighted by atomic mass is 9.77. The average Bonchev–Trinajstić information content (AvgIpc) is 3.71. The van der Waals surface area contributed by atoms with Crippen LogP contribution in [0.2, 0.25) is 0 Å². The number of hydrogen-bond acceptors (Lipinski definition) is 5. The first-order valence-electron chi connectivity index (χ1n) is 19.1. The van der Waals surface area contributed by atoms with Crippen molar-refractivity contribution in [2.75, 3.05) is 6.61 Å². The predicted octanol–water partition coefficient (Wildman–Crippen LogP) is 12.5. The van der Waals surface area contributed by atoms with Gasteiger partial charge in [-0.2, -0.15) is 0 Å². The molecule has 3 aliphatic rings. The van der Waals surface area contributed by atoms with E-state index in [1.54, 1.807) is 0 Å². The SMILES string of the molecule is CC(C)(C)c1ccc2c(c1)C(C(C)(C)C)OC2.CC(C)(C)c1cnc2c(c1)C(C(C)(C)C)CO2.CC(C)(C)c1cnc2c(c1)C(C(C)(C)C)OC2. The summed E-state index contributed by atoms with van der Waals surface area (Å²) < 4.78 is 17.5. The van der Waals surface area contributed by atoms with Crippen LogP contribution < -0.4 is 4.74 Å². The molecule has 5 heterocycles. The molecule has 5 nitrogen and oxygen atoms in total. The molecule has 0 fully saturated rings. The van der Waals surface area contributed by atoms with Gasteiger partial charge in [0.25, 0.3) is 0 Å². The molecule has 3 atom stereocenters. The molecule has 0 amide bonds. The van der Waals surface area contributed by atoms with E-state index >= 15 is 0 Å². The van der Waals surface area contributed by atoms with Crippen molar-refractivity contribution in [2.45, 2.75) is 172 Å². The maximum absolute atomic E-state index is 5.96. The third-order valence-corrected chi connectivity index (χ3v) is 10.4. The molecule has 0 aliphatic carbocycles. The highest BCUT2D eigenvalue weighted by molar-refractivity contribution is 5.40. The summed E-state index contributed by atoms with van der Waals surface area (Å²) in [6.07, 6.45) is 4.35. The molecule has 6 rings (SSSR count). The van der Waals surface area contributed by atoms with Crippen LogP contribution in [-0.2, 0) is 38.9 Å². The van der Waals surface area contributed by atoms with E-state index in [1.807, 2.05) is 12.4 Å². The Labute approximate surface area is 311 Å². The van der Waals surface area contributed by atoms with Crippen LogP contribution in [0.3, 0.4) is 0 Å². The molecule has 51 heavy (non-hydrogen) atoms. The van der Waals surface area contributed by atoms with E-state index in [0.29, 0.717) is 12.5 Å². The summed E-state index contributed by atoms with van der Waals surface area (Å²) in [6.45, 7) is 42.5. The molecule has 0 bridgehead atoms. The molecule has 282 valence electrons. The van der Waals surface area contributed by atoms with Gasteiger partial charge in [-0.15, -0.1) is 0 Å². The molecular formula is C46H70N2O3. The normalized spacial score (nSPS) is 20.3. The number of ether oxygens (including phenoxy) is 3. The Hall–Kier alpha value is -2.76. The Bertz CT molecular complexity index is 1460. The van der Waals surface area contributed by atoms with Gasteiger partial charge in [0.05, 0.1) is 37.7 Å². The van der Waals surface area contributed by atoms with E-state index in [4.69, 9.17) is 14.2 Å². The average molecular weight is 699 g/mol. The summed E-state index contributed by atoms with van der Waals surface area (Å²) in [6, 6.07) is 11.4. The molecule has 3 unspecified atom stereocenters. The van der Waals surface area contributed by atoms with Crippen LogP contribution in [0.1, 0.15) is 187 Å². The molecule has 0 saturated carbocycles. The van der Waals surface area contributed by atoms with Crippen LogP contribution in [0, 0.1) is 16.2 Å². The summed E-state index contributed by atoms with van der Waals surface area (Å²) in [7, 11) is 0. The van der Waals surface area contributed by atoms with Crippen LogP contribution >= 0.6 is 0 Å². The van der Waals surface area contributed by atoms with Gasteiger partial charge in [0.1, 0.15) is 0 Å². The predicted molar refractivity (Wildman–Crippen MR) is 213 cm³/mol. The quantitative estimate of drug-likeness (QED) is 0.234. The van der Waals surface area contributed by atoms with Gasteiger partial charge < -0.3 is 14.2 Å². The number of benzene rings is 1. The first-order valence-corrected chi connectivity index (χ1v) is 19.1. The van der Waals surface area contributed by atoms with Crippen molar-refractivity contribution in [1.82, 2.24) is 9.97 Å². The van der Waals surface area contributed by atoms with Crippen LogP contribution in [0.25, 0.3) is 0 Å². The third kappa shape index (κ3) is 9.82. The first-order chi connectivity index (χ1) is 23.1. The number of aromatic nitrogens is 2. The van der Waals surface area contributed by atoms with E-state index in [0.717, 1.165) is 24.8 Å². The fourth-order valence-corrected chi connectivity index (χ4v) is 6.87. The van der Waals surface area contributed by atoms with E-state index in [-0.39, 0.29) is 44.7 Å². The van der Waals surface area contributed by atoms with Gasteiger partial charge in [-0.3, -0.25) is 4.98 Å². The van der Waals surface area contributed by atoms with Gasteiger partial charge in [0.15, 0.2) is 0 Å². The molecule has 2 aromatic heterocycles. The minimum absolute atomic E-state index is 0.128. The molecule has 0 radical (unpaired) electrons. The van der Waals surface area contributed by atoms with Crippen molar-refractivity contribution >= 4 is 0 Å². The Balaban J connectivity index is 0.000000172. The topological polar surface area (TPSA) is 53.5 Å². The summed E-state index contributed by atoms with van der Waals surface area (Å²) in [4.78, 5) is 9.03. The summed E-state index contributed by atoms with van der Waals surface area (Å²) in [5, 5.41) is 0. The Kier molecular flexibility index (Phi) is 11.4. The lowest BCUT2D eigenvalue weighted by Crippen LogP contribution is -2.20. The summed E-state index contributed by atoms with van der Waals surface area (Å²) in [5.41, 5.74) is 11.4. The van der Waals surface area contributed by atoms with Gasteiger partial charge in [-0.25, -0.2) is 4.98 Å². The molecule has 3 aromatic rings. The third-order valence-electron chi connectivity index (χ3n) is 10.4. The largest absolute Gasteiger partial charge is 0.477 e.